The Bertz CT molecular complexity index is 393. The lowest BCUT2D eigenvalue weighted by molar-refractivity contribution is 0.275. The van der Waals surface area contributed by atoms with Crippen LogP contribution >= 0.6 is 15.9 Å². The molecule has 0 fully saturated rings. The van der Waals surface area contributed by atoms with Gasteiger partial charge in [-0.05, 0) is 43.1 Å². The highest BCUT2D eigenvalue weighted by Crippen LogP contribution is 2.20. The minimum absolute atomic E-state index is 0.760. The summed E-state index contributed by atoms with van der Waals surface area (Å²) in [7, 11) is 2.20. The molecule has 1 unspecified atom stereocenters. The molecule has 0 aromatic heterocycles. The molecule has 3 heteroatoms. The Morgan fingerprint density at radius 2 is 2.05 bits per heavy atom. The SMILES string of the molecule is CCCNCc1ccc(CN(C)CC(C)CC)c(Br)c1. The Morgan fingerprint density at radius 1 is 1.30 bits per heavy atom. The molecule has 1 aromatic rings. The zero-order valence-electron chi connectivity index (χ0n) is 13.4. The standard InChI is InChI=1S/C17H29BrN2/c1-5-9-19-11-15-7-8-16(17(18)10-15)13-20(4)12-14(3)6-2/h7-8,10,14,19H,5-6,9,11-13H2,1-4H3. The topological polar surface area (TPSA) is 15.3 Å². The van der Waals surface area contributed by atoms with Gasteiger partial charge in [-0.1, -0.05) is 55.3 Å². The first-order valence-corrected chi connectivity index (χ1v) is 8.52. The molecule has 0 radical (unpaired) electrons. The van der Waals surface area contributed by atoms with E-state index in [1.807, 2.05) is 0 Å². The normalized spacial score (nSPS) is 12.9. The molecule has 0 aliphatic heterocycles. The third kappa shape index (κ3) is 6.38. The van der Waals surface area contributed by atoms with Crippen LogP contribution in [0.15, 0.2) is 22.7 Å². The second-order valence-corrected chi connectivity index (χ2v) is 6.67. The summed E-state index contributed by atoms with van der Waals surface area (Å²) in [5, 5.41) is 3.44. The first-order valence-electron chi connectivity index (χ1n) is 7.73. The number of nitrogens with zero attached hydrogens (tertiary/aromatic N) is 1. The molecule has 0 amide bonds. The van der Waals surface area contributed by atoms with Crippen LogP contribution in [-0.4, -0.2) is 25.0 Å². The summed E-state index contributed by atoms with van der Waals surface area (Å²) in [5.41, 5.74) is 2.72. The maximum absolute atomic E-state index is 3.71. The van der Waals surface area contributed by atoms with E-state index in [-0.39, 0.29) is 0 Å². The molecule has 114 valence electrons. The molecule has 1 atom stereocenters. The van der Waals surface area contributed by atoms with E-state index in [0.29, 0.717) is 0 Å². The van der Waals surface area contributed by atoms with Gasteiger partial charge in [0.05, 0.1) is 0 Å². The fraction of sp³-hybridized carbons (Fsp3) is 0.647. The summed E-state index contributed by atoms with van der Waals surface area (Å²) in [4.78, 5) is 2.41. The summed E-state index contributed by atoms with van der Waals surface area (Å²) in [6, 6.07) is 6.73. The van der Waals surface area contributed by atoms with Gasteiger partial charge in [-0.3, -0.25) is 0 Å². The molecule has 1 aromatic carbocycles. The first kappa shape index (κ1) is 17.7. The van der Waals surface area contributed by atoms with E-state index in [9.17, 15) is 0 Å². The van der Waals surface area contributed by atoms with Gasteiger partial charge in [-0.15, -0.1) is 0 Å². The van der Waals surface area contributed by atoms with E-state index in [1.54, 1.807) is 0 Å². The molecule has 1 N–H and O–H groups in total. The third-order valence-corrected chi connectivity index (χ3v) is 4.37. The molecule has 0 saturated heterocycles. The molecule has 0 spiro atoms. The summed E-state index contributed by atoms with van der Waals surface area (Å²) in [6.07, 6.45) is 2.42. The highest BCUT2D eigenvalue weighted by Gasteiger charge is 2.08. The Hall–Kier alpha value is -0.380. The van der Waals surface area contributed by atoms with Gasteiger partial charge in [-0.2, -0.15) is 0 Å². The van der Waals surface area contributed by atoms with E-state index in [1.165, 1.54) is 28.4 Å². The van der Waals surface area contributed by atoms with Crippen LogP contribution in [0, 0.1) is 5.92 Å². The molecular weight excluding hydrogens is 312 g/mol. The fourth-order valence-corrected chi connectivity index (χ4v) is 2.81. The highest BCUT2D eigenvalue weighted by molar-refractivity contribution is 9.10. The van der Waals surface area contributed by atoms with Crippen LogP contribution in [-0.2, 0) is 13.1 Å². The van der Waals surface area contributed by atoms with Crippen LogP contribution in [0.5, 0.6) is 0 Å². The van der Waals surface area contributed by atoms with Crippen molar-refractivity contribution in [2.24, 2.45) is 5.92 Å². The van der Waals surface area contributed by atoms with Crippen molar-refractivity contribution in [3.8, 4) is 0 Å². The van der Waals surface area contributed by atoms with Gasteiger partial charge in [0.2, 0.25) is 0 Å². The molecule has 0 bridgehead atoms. The van der Waals surface area contributed by atoms with Crippen molar-refractivity contribution in [2.75, 3.05) is 20.1 Å². The van der Waals surface area contributed by atoms with Crippen LogP contribution in [0.4, 0.5) is 0 Å². The van der Waals surface area contributed by atoms with E-state index in [2.05, 4.69) is 72.2 Å². The van der Waals surface area contributed by atoms with Gasteiger partial charge in [0, 0.05) is 24.1 Å². The summed E-state index contributed by atoms with van der Waals surface area (Å²) in [5.74, 6) is 0.760. The van der Waals surface area contributed by atoms with Crippen LogP contribution in [0.25, 0.3) is 0 Å². The van der Waals surface area contributed by atoms with Crippen LogP contribution < -0.4 is 5.32 Å². The van der Waals surface area contributed by atoms with Gasteiger partial charge >= 0.3 is 0 Å². The average Bonchev–Trinajstić information content (AvgIpc) is 2.42. The van der Waals surface area contributed by atoms with Crippen molar-refractivity contribution in [3.05, 3.63) is 33.8 Å². The first-order chi connectivity index (χ1) is 9.56. The molecule has 0 heterocycles. The molecule has 20 heavy (non-hydrogen) atoms. The predicted molar refractivity (Wildman–Crippen MR) is 91.9 cm³/mol. The van der Waals surface area contributed by atoms with Gasteiger partial charge in [0.25, 0.3) is 0 Å². The summed E-state index contributed by atoms with van der Waals surface area (Å²) < 4.78 is 1.23. The van der Waals surface area contributed by atoms with Gasteiger partial charge in [0.1, 0.15) is 0 Å². The molecule has 2 nitrogen and oxygen atoms in total. The minimum atomic E-state index is 0.760. The molecular formula is C17H29BrN2. The van der Waals surface area contributed by atoms with E-state index >= 15 is 0 Å². The number of nitrogens with one attached hydrogen (secondary N) is 1. The van der Waals surface area contributed by atoms with Gasteiger partial charge < -0.3 is 10.2 Å². The number of benzene rings is 1. The zero-order valence-corrected chi connectivity index (χ0v) is 15.0. The van der Waals surface area contributed by atoms with E-state index < -0.39 is 0 Å². The van der Waals surface area contributed by atoms with Crippen LogP contribution in [0.1, 0.15) is 44.7 Å². The van der Waals surface area contributed by atoms with Crippen molar-refractivity contribution in [3.63, 3.8) is 0 Å². The fourth-order valence-electron chi connectivity index (χ4n) is 2.26. The molecule has 0 aliphatic carbocycles. The van der Waals surface area contributed by atoms with Crippen molar-refractivity contribution in [2.45, 2.75) is 46.7 Å². The largest absolute Gasteiger partial charge is 0.313 e. The number of hydrogen-bond donors (Lipinski definition) is 1. The predicted octanol–water partition coefficient (Wildman–Crippen LogP) is 4.43. The Morgan fingerprint density at radius 3 is 2.65 bits per heavy atom. The van der Waals surface area contributed by atoms with Crippen LogP contribution in [0.3, 0.4) is 0 Å². The Kier molecular flexibility index (Phi) is 8.43. The lowest BCUT2D eigenvalue weighted by atomic mass is 10.1. The van der Waals surface area contributed by atoms with E-state index in [0.717, 1.165) is 32.1 Å². The number of hydrogen-bond acceptors (Lipinski definition) is 2. The average molecular weight is 341 g/mol. The van der Waals surface area contributed by atoms with E-state index in [4.69, 9.17) is 0 Å². The summed E-state index contributed by atoms with van der Waals surface area (Å²) in [6.45, 7) is 11.0. The molecule has 1 rings (SSSR count). The molecule has 0 aliphatic rings. The maximum atomic E-state index is 3.71. The van der Waals surface area contributed by atoms with Gasteiger partial charge in [-0.25, -0.2) is 0 Å². The second kappa shape index (κ2) is 9.54. The maximum Gasteiger partial charge on any atom is 0.0242 e. The number of halogens is 1. The Labute approximate surface area is 133 Å². The smallest absolute Gasteiger partial charge is 0.0242 e. The summed E-state index contributed by atoms with van der Waals surface area (Å²) >= 11 is 3.71. The lowest BCUT2D eigenvalue weighted by Gasteiger charge is -2.21. The van der Waals surface area contributed by atoms with Crippen LogP contribution in [0.2, 0.25) is 0 Å². The second-order valence-electron chi connectivity index (χ2n) is 5.81. The van der Waals surface area contributed by atoms with Crippen molar-refractivity contribution < 1.29 is 0 Å². The van der Waals surface area contributed by atoms with Crippen molar-refractivity contribution in [1.29, 1.82) is 0 Å². The molecule has 0 saturated carbocycles. The number of rotatable bonds is 9. The van der Waals surface area contributed by atoms with Gasteiger partial charge in [0.15, 0.2) is 0 Å². The highest BCUT2D eigenvalue weighted by atomic mass is 79.9. The third-order valence-electron chi connectivity index (χ3n) is 3.63. The minimum Gasteiger partial charge on any atom is -0.313 e. The zero-order chi connectivity index (χ0) is 15.0. The van der Waals surface area contributed by atoms with Crippen molar-refractivity contribution >= 4 is 15.9 Å². The van der Waals surface area contributed by atoms with Crippen molar-refractivity contribution in [1.82, 2.24) is 10.2 Å². The Balaban J connectivity index is 2.54. The quantitative estimate of drug-likeness (QED) is 0.669. The monoisotopic (exact) mass is 340 g/mol. The lowest BCUT2D eigenvalue weighted by Crippen LogP contribution is -2.24.